The van der Waals surface area contributed by atoms with Crippen LogP contribution in [0.4, 0.5) is 28.9 Å². The molecule has 3 aromatic carbocycles. The first-order chi connectivity index (χ1) is 19.3. The Morgan fingerprint density at radius 3 is 2.12 bits per heavy atom. The van der Waals surface area contributed by atoms with Crippen molar-refractivity contribution in [1.29, 1.82) is 0 Å². The summed E-state index contributed by atoms with van der Waals surface area (Å²) in [6, 6.07) is 19.4. The predicted octanol–water partition coefficient (Wildman–Crippen LogP) is 5.56. The quantitative estimate of drug-likeness (QED) is 0.208. The van der Waals surface area contributed by atoms with Crippen LogP contribution in [0.15, 0.2) is 71.7 Å². The number of carbonyl (C=O) groups is 2. The van der Waals surface area contributed by atoms with Gasteiger partial charge in [0.05, 0.1) is 12.1 Å². The number of nitrogens with zero attached hydrogens (tertiary/aromatic N) is 3. The Morgan fingerprint density at radius 1 is 0.927 bits per heavy atom. The number of aryl methyl sites for hydroxylation is 1. The molecule has 0 saturated carbocycles. The fourth-order valence-electron chi connectivity index (χ4n) is 4.07. The maximum atomic E-state index is 13.3. The van der Waals surface area contributed by atoms with Gasteiger partial charge in [0.15, 0.2) is 5.96 Å². The van der Waals surface area contributed by atoms with E-state index in [-0.39, 0.29) is 11.4 Å². The average molecular weight is 575 g/mol. The van der Waals surface area contributed by atoms with Gasteiger partial charge in [0.2, 0.25) is 0 Å². The Bertz CT molecular complexity index is 1390. The van der Waals surface area contributed by atoms with Crippen LogP contribution >= 0.6 is 0 Å². The van der Waals surface area contributed by atoms with Crippen molar-refractivity contribution in [2.75, 3.05) is 36.4 Å². The monoisotopic (exact) mass is 574 g/mol. The number of hydrogen-bond acceptors (Lipinski definition) is 4. The zero-order valence-corrected chi connectivity index (χ0v) is 22.5. The van der Waals surface area contributed by atoms with E-state index in [1.807, 2.05) is 6.07 Å². The molecule has 0 spiro atoms. The van der Waals surface area contributed by atoms with Crippen molar-refractivity contribution in [3.63, 3.8) is 0 Å². The molecule has 4 rings (SSSR count). The molecule has 1 fully saturated rings. The molecule has 12 heteroatoms. The van der Waals surface area contributed by atoms with E-state index in [1.54, 1.807) is 30.3 Å². The van der Waals surface area contributed by atoms with Crippen LogP contribution < -0.4 is 10.2 Å². The lowest BCUT2D eigenvalue weighted by Crippen LogP contribution is -2.51. The number of carboxylic acid groups (broad SMARTS) is 2. The van der Waals surface area contributed by atoms with E-state index in [2.05, 4.69) is 47.2 Å². The third-order valence-corrected chi connectivity index (χ3v) is 6.43. The van der Waals surface area contributed by atoms with E-state index < -0.39 is 18.1 Å². The third-order valence-electron chi connectivity index (χ3n) is 6.43. The Hall–Kier alpha value is -4.61. The van der Waals surface area contributed by atoms with Crippen molar-refractivity contribution in [2.45, 2.75) is 26.6 Å². The van der Waals surface area contributed by atoms with E-state index in [0.717, 1.165) is 31.7 Å². The maximum absolute atomic E-state index is 13.3. The largest absolute Gasteiger partial charge is 0.490 e. The summed E-state index contributed by atoms with van der Waals surface area (Å²) in [4.78, 5) is 29.7. The molecular weight excluding hydrogens is 544 g/mol. The van der Waals surface area contributed by atoms with Crippen LogP contribution in [-0.4, -0.2) is 65.4 Å². The van der Waals surface area contributed by atoms with Crippen LogP contribution in [0, 0.1) is 19.7 Å². The molecule has 218 valence electrons. The molecule has 0 aromatic heterocycles. The van der Waals surface area contributed by atoms with Gasteiger partial charge in [-0.05, 0) is 66.9 Å². The number of guanidine groups is 1. The Kier molecular flexibility index (Phi) is 10.3. The summed E-state index contributed by atoms with van der Waals surface area (Å²) in [6.07, 6.45) is -5.08. The SMILES string of the molecule is Cc1cccc(N2CCN(C(=NCc3ccc(F)cc3)Nc3cccc(C(=O)O)c3)CC2)c1C.O=C(O)C(F)(F)F. The average Bonchev–Trinajstić information content (AvgIpc) is 2.93. The molecule has 3 N–H and O–H groups in total. The van der Waals surface area contributed by atoms with Crippen LogP contribution in [-0.2, 0) is 11.3 Å². The fourth-order valence-corrected chi connectivity index (χ4v) is 4.07. The number of hydrogen-bond donors (Lipinski definition) is 3. The summed E-state index contributed by atoms with van der Waals surface area (Å²) in [7, 11) is 0. The second-order valence-electron chi connectivity index (χ2n) is 9.27. The molecule has 8 nitrogen and oxygen atoms in total. The van der Waals surface area contributed by atoms with Gasteiger partial charge in [-0.3, -0.25) is 0 Å². The van der Waals surface area contributed by atoms with Crippen LogP contribution in [0.2, 0.25) is 0 Å². The Balaban J connectivity index is 0.000000587. The Labute approximate surface area is 234 Å². The van der Waals surface area contributed by atoms with Gasteiger partial charge in [-0.2, -0.15) is 13.2 Å². The van der Waals surface area contributed by atoms with Crippen LogP contribution in [0.5, 0.6) is 0 Å². The van der Waals surface area contributed by atoms with Gasteiger partial charge in [-0.15, -0.1) is 0 Å². The maximum Gasteiger partial charge on any atom is 0.490 e. The number of carboxylic acids is 2. The normalized spacial score (nSPS) is 13.8. The second kappa shape index (κ2) is 13.6. The van der Waals surface area contributed by atoms with Gasteiger partial charge in [-0.1, -0.05) is 30.3 Å². The second-order valence-corrected chi connectivity index (χ2v) is 9.27. The summed E-state index contributed by atoms with van der Waals surface area (Å²) in [5.41, 5.74) is 5.60. The molecule has 1 heterocycles. The molecule has 41 heavy (non-hydrogen) atoms. The predicted molar refractivity (Wildman–Crippen MR) is 148 cm³/mol. The molecule has 0 radical (unpaired) electrons. The van der Waals surface area contributed by atoms with Gasteiger partial charge in [-0.25, -0.2) is 19.0 Å². The molecule has 1 aliphatic heterocycles. The smallest absolute Gasteiger partial charge is 0.478 e. The summed E-state index contributed by atoms with van der Waals surface area (Å²) in [5.74, 6) is -3.34. The molecule has 0 aliphatic carbocycles. The number of anilines is 2. The molecule has 3 aromatic rings. The number of aliphatic imine (C=N–C) groups is 1. The zero-order chi connectivity index (χ0) is 30.2. The van der Waals surface area contributed by atoms with Gasteiger partial charge >= 0.3 is 18.1 Å². The van der Waals surface area contributed by atoms with E-state index in [0.29, 0.717) is 18.2 Å². The van der Waals surface area contributed by atoms with Crippen LogP contribution in [0.3, 0.4) is 0 Å². The summed E-state index contributed by atoms with van der Waals surface area (Å²) < 4.78 is 45.0. The number of halogens is 4. The summed E-state index contributed by atoms with van der Waals surface area (Å²) >= 11 is 0. The number of benzene rings is 3. The number of alkyl halides is 3. The molecule has 0 bridgehead atoms. The van der Waals surface area contributed by atoms with Gasteiger partial charge in [0.1, 0.15) is 5.82 Å². The van der Waals surface area contributed by atoms with E-state index in [1.165, 1.54) is 28.9 Å². The van der Waals surface area contributed by atoms with E-state index in [4.69, 9.17) is 14.9 Å². The van der Waals surface area contributed by atoms with Gasteiger partial charge in [0, 0.05) is 37.6 Å². The molecule has 1 saturated heterocycles. The minimum absolute atomic E-state index is 0.211. The lowest BCUT2D eigenvalue weighted by atomic mass is 10.1. The molecule has 0 amide bonds. The zero-order valence-electron chi connectivity index (χ0n) is 22.5. The number of piperazine rings is 1. The number of nitrogens with one attached hydrogen (secondary N) is 1. The first-order valence-electron chi connectivity index (χ1n) is 12.6. The van der Waals surface area contributed by atoms with Crippen molar-refractivity contribution in [3.05, 3.63) is 94.8 Å². The standard InChI is InChI=1S/C27H29FN4O2.C2HF3O2/c1-19-5-3-8-25(20(19)2)31-13-15-32(16-14-31)27(29-18-21-9-11-23(28)12-10-21)30-24-7-4-6-22(17-24)26(33)34;3-2(4,5)1(6)7/h3-12,17H,13-16,18H2,1-2H3,(H,29,30)(H,33,34);(H,6,7). The third kappa shape index (κ3) is 8.95. The first-order valence-corrected chi connectivity index (χ1v) is 12.6. The molecular formula is C29H30F4N4O4. The van der Waals surface area contributed by atoms with Crippen LogP contribution in [0.25, 0.3) is 0 Å². The molecule has 1 aliphatic rings. The highest BCUT2D eigenvalue weighted by atomic mass is 19.4. The topological polar surface area (TPSA) is 105 Å². The van der Waals surface area contributed by atoms with Crippen molar-refractivity contribution in [3.8, 4) is 0 Å². The van der Waals surface area contributed by atoms with Crippen molar-refractivity contribution >= 4 is 29.3 Å². The van der Waals surface area contributed by atoms with Crippen molar-refractivity contribution in [2.24, 2.45) is 4.99 Å². The van der Waals surface area contributed by atoms with Gasteiger partial charge in [0.25, 0.3) is 0 Å². The minimum Gasteiger partial charge on any atom is -0.478 e. The fraction of sp³-hybridized carbons (Fsp3) is 0.276. The lowest BCUT2D eigenvalue weighted by Gasteiger charge is -2.38. The summed E-state index contributed by atoms with van der Waals surface area (Å²) in [6.45, 7) is 7.89. The molecule has 0 unspecified atom stereocenters. The van der Waals surface area contributed by atoms with Crippen LogP contribution in [0.1, 0.15) is 27.0 Å². The van der Waals surface area contributed by atoms with Crippen molar-refractivity contribution < 1.29 is 37.4 Å². The number of rotatable bonds is 5. The lowest BCUT2D eigenvalue weighted by molar-refractivity contribution is -0.192. The molecule has 0 atom stereocenters. The summed E-state index contributed by atoms with van der Waals surface area (Å²) in [5, 5.41) is 19.8. The van der Waals surface area contributed by atoms with E-state index >= 15 is 0 Å². The van der Waals surface area contributed by atoms with E-state index in [9.17, 15) is 27.5 Å². The Morgan fingerprint density at radius 2 is 1.54 bits per heavy atom. The van der Waals surface area contributed by atoms with Crippen molar-refractivity contribution in [1.82, 2.24) is 4.90 Å². The number of aromatic carboxylic acids is 1. The minimum atomic E-state index is -5.08. The highest BCUT2D eigenvalue weighted by Crippen LogP contribution is 2.24. The van der Waals surface area contributed by atoms with Gasteiger partial charge < -0.3 is 25.3 Å². The highest BCUT2D eigenvalue weighted by molar-refractivity contribution is 5.96. The number of aliphatic carboxylic acids is 1. The highest BCUT2D eigenvalue weighted by Gasteiger charge is 2.38. The first kappa shape index (κ1) is 30.9.